The Morgan fingerprint density at radius 3 is 2.47 bits per heavy atom. The second-order valence-electron chi connectivity index (χ2n) is 3.32. The molecule has 1 heterocycles. The quantitative estimate of drug-likeness (QED) is 0.853. The maximum Gasteiger partial charge on any atom is 0.256 e. The predicted octanol–water partition coefficient (Wildman–Crippen LogP) is 3.08. The van der Waals surface area contributed by atoms with Gasteiger partial charge >= 0.3 is 0 Å². The van der Waals surface area contributed by atoms with Crippen LogP contribution in [0.15, 0.2) is 42.6 Å². The molecule has 17 heavy (non-hydrogen) atoms. The number of anilines is 1. The molecule has 0 atom stereocenters. The number of benzene rings is 1. The third kappa shape index (κ3) is 3.23. The molecule has 0 spiro atoms. The van der Waals surface area contributed by atoms with Gasteiger partial charge in [0.05, 0.1) is 0 Å². The zero-order valence-electron chi connectivity index (χ0n) is 8.65. The Morgan fingerprint density at radius 2 is 1.88 bits per heavy atom. The van der Waals surface area contributed by atoms with E-state index in [1.165, 1.54) is 24.3 Å². The molecule has 0 bridgehead atoms. The lowest BCUT2D eigenvalue weighted by atomic mass is 10.2. The van der Waals surface area contributed by atoms with Gasteiger partial charge in [-0.15, -0.1) is 0 Å². The highest BCUT2D eigenvalue weighted by molar-refractivity contribution is 14.1. The number of carbonyl (C=O) groups excluding carboxylic acids is 1. The van der Waals surface area contributed by atoms with Gasteiger partial charge in [0.15, 0.2) is 0 Å². The van der Waals surface area contributed by atoms with Gasteiger partial charge in [-0.25, -0.2) is 9.37 Å². The first-order valence-electron chi connectivity index (χ1n) is 4.83. The Hall–Kier alpha value is -1.50. The van der Waals surface area contributed by atoms with E-state index in [4.69, 9.17) is 0 Å². The van der Waals surface area contributed by atoms with Crippen LogP contribution in [0.3, 0.4) is 0 Å². The molecule has 0 radical (unpaired) electrons. The Balaban J connectivity index is 2.11. The van der Waals surface area contributed by atoms with Crippen LogP contribution in [0.5, 0.6) is 0 Å². The molecule has 3 nitrogen and oxygen atoms in total. The fraction of sp³-hybridized carbons (Fsp3) is 0. The number of halogens is 2. The molecular weight excluding hydrogens is 334 g/mol. The first-order valence-corrected chi connectivity index (χ1v) is 5.91. The molecule has 0 saturated carbocycles. The van der Waals surface area contributed by atoms with Crippen molar-refractivity contribution < 1.29 is 9.18 Å². The lowest BCUT2D eigenvalue weighted by molar-refractivity contribution is 0.102. The molecule has 0 saturated heterocycles. The van der Waals surface area contributed by atoms with E-state index in [2.05, 4.69) is 32.9 Å². The van der Waals surface area contributed by atoms with Crippen LogP contribution in [-0.4, -0.2) is 10.9 Å². The summed E-state index contributed by atoms with van der Waals surface area (Å²) >= 11 is 2.13. The maximum absolute atomic E-state index is 12.7. The lowest BCUT2D eigenvalue weighted by Crippen LogP contribution is -2.12. The van der Waals surface area contributed by atoms with Crippen molar-refractivity contribution in [2.45, 2.75) is 0 Å². The van der Waals surface area contributed by atoms with Gasteiger partial charge in [-0.3, -0.25) is 4.79 Å². The second kappa shape index (κ2) is 5.22. The van der Waals surface area contributed by atoms with Gasteiger partial charge in [-0.05, 0) is 59.0 Å². The van der Waals surface area contributed by atoms with Crippen molar-refractivity contribution in [3.05, 3.63) is 57.5 Å². The summed E-state index contributed by atoms with van der Waals surface area (Å²) in [5.74, 6) is -0.201. The number of nitrogens with one attached hydrogen (secondary N) is 1. The first kappa shape index (κ1) is 12.0. The van der Waals surface area contributed by atoms with Crippen LogP contribution in [0.2, 0.25) is 0 Å². The van der Waals surface area contributed by atoms with E-state index in [1.807, 2.05) is 6.07 Å². The van der Waals surface area contributed by atoms with Crippen LogP contribution in [-0.2, 0) is 0 Å². The van der Waals surface area contributed by atoms with E-state index in [-0.39, 0.29) is 11.7 Å². The third-order valence-corrected chi connectivity index (χ3v) is 2.71. The van der Waals surface area contributed by atoms with Gasteiger partial charge in [0.2, 0.25) is 0 Å². The third-order valence-electron chi connectivity index (χ3n) is 2.08. The van der Waals surface area contributed by atoms with Gasteiger partial charge < -0.3 is 5.32 Å². The number of amides is 1. The van der Waals surface area contributed by atoms with E-state index in [1.54, 1.807) is 12.3 Å². The summed E-state index contributed by atoms with van der Waals surface area (Å²) in [4.78, 5) is 15.8. The molecule has 1 N–H and O–H groups in total. The highest BCUT2D eigenvalue weighted by Gasteiger charge is 2.06. The standard InChI is InChI=1S/C12H8FIN2O/c13-9-3-1-8(2-4-9)12(17)16-11-6-5-10(14)7-15-11/h1-7H,(H,15,16,17). The van der Waals surface area contributed by atoms with Crippen LogP contribution in [0.25, 0.3) is 0 Å². The predicted molar refractivity (Wildman–Crippen MR) is 71.3 cm³/mol. The highest BCUT2D eigenvalue weighted by Crippen LogP contribution is 2.09. The summed E-state index contributed by atoms with van der Waals surface area (Å²) in [6.45, 7) is 0. The summed E-state index contributed by atoms with van der Waals surface area (Å²) < 4.78 is 13.7. The number of aromatic nitrogens is 1. The van der Waals surface area contributed by atoms with Crippen molar-refractivity contribution in [1.82, 2.24) is 4.98 Å². The molecule has 5 heteroatoms. The van der Waals surface area contributed by atoms with Crippen molar-refractivity contribution in [1.29, 1.82) is 0 Å². The molecule has 1 amide bonds. The SMILES string of the molecule is O=C(Nc1ccc(I)cn1)c1ccc(F)cc1. The Morgan fingerprint density at radius 1 is 1.18 bits per heavy atom. The fourth-order valence-electron chi connectivity index (χ4n) is 1.24. The molecular formula is C12H8FIN2O. The van der Waals surface area contributed by atoms with Gasteiger partial charge in [-0.2, -0.15) is 0 Å². The molecule has 86 valence electrons. The van der Waals surface area contributed by atoms with Crippen LogP contribution in [0.4, 0.5) is 10.2 Å². The van der Waals surface area contributed by atoms with E-state index in [9.17, 15) is 9.18 Å². The highest BCUT2D eigenvalue weighted by atomic mass is 127. The van der Waals surface area contributed by atoms with Crippen molar-refractivity contribution in [2.24, 2.45) is 0 Å². The van der Waals surface area contributed by atoms with E-state index < -0.39 is 0 Å². The first-order chi connectivity index (χ1) is 8.15. The van der Waals surface area contributed by atoms with Crippen molar-refractivity contribution >= 4 is 34.3 Å². The fourth-order valence-corrected chi connectivity index (χ4v) is 1.56. The molecule has 1 aromatic heterocycles. The van der Waals surface area contributed by atoms with Crippen molar-refractivity contribution in [2.75, 3.05) is 5.32 Å². The zero-order valence-corrected chi connectivity index (χ0v) is 10.8. The van der Waals surface area contributed by atoms with Crippen molar-refractivity contribution in [3.8, 4) is 0 Å². The minimum atomic E-state index is -0.367. The molecule has 0 unspecified atom stereocenters. The number of rotatable bonds is 2. The van der Waals surface area contributed by atoms with E-state index in [0.29, 0.717) is 11.4 Å². The second-order valence-corrected chi connectivity index (χ2v) is 4.57. The van der Waals surface area contributed by atoms with Gasteiger partial charge in [0, 0.05) is 15.3 Å². The van der Waals surface area contributed by atoms with Crippen LogP contribution in [0.1, 0.15) is 10.4 Å². The average Bonchev–Trinajstić information content (AvgIpc) is 2.33. The van der Waals surface area contributed by atoms with Gasteiger partial charge in [-0.1, -0.05) is 0 Å². The van der Waals surface area contributed by atoms with Crippen molar-refractivity contribution in [3.63, 3.8) is 0 Å². The van der Waals surface area contributed by atoms with E-state index in [0.717, 1.165) is 3.57 Å². The number of hydrogen-bond donors (Lipinski definition) is 1. The summed E-state index contributed by atoms with van der Waals surface area (Å²) in [5, 5.41) is 2.63. The average molecular weight is 342 g/mol. The summed E-state index contributed by atoms with van der Waals surface area (Å²) in [6.07, 6.45) is 1.65. The Kier molecular flexibility index (Phi) is 3.68. The van der Waals surface area contributed by atoms with Gasteiger partial charge in [0.25, 0.3) is 5.91 Å². The lowest BCUT2D eigenvalue weighted by Gasteiger charge is -2.04. The molecule has 0 fully saturated rings. The maximum atomic E-state index is 12.7. The summed E-state index contributed by atoms with van der Waals surface area (Å²) in [6, 6.07) is 8.90. The number of hydrogen-bond acceptors (Lipinski definition) is 2. The van der Waals surface area contributed by atoms with E-state index >= 15 is 0 Å². The zero-order chi connectivity index (χ0) is 12.3. The summed E-state index contributed by atoms with van der Waals surface area (Å²) in [5.41, 5.74) is 0.395. The van der Waals surface area contributed by atoms with Gasteiger partial charge in [0.1, 0.15) is 11.6 Å². The molecule has 2 aromatic rings. The smallest absolute Gasteiger partial charge is 0.256 e. The molecule has 0 aliphatic rings. The number of nitrogens with zero attached hydrogens (tertiary/aromatic N) is 1. The van der Waals surface area contributed by atoms with Crippen LogP contribution >= 0.6 is 22.6 Å². The summed E-state index contributed by atoms with van der Waals surface area (Å²) in [7, 11) is 0. The molecule has 1 aromatic carbocycles. The van der Waals surface area contributed by atoms with Crippen LogP contribution in [0, 0.1) is 9.39 Å². The molecule has 0 aliphatic carbocycles. The minimum absolute atomic E-state index is 0.307. The van der Waals surface area contributed by atoms with Crippen LogP contribution < -0.4 is 5.32 Å². The number of carbonyl (C=O) groups is 1. The topological polar surface area (TPSA) is 42.0 Å². The number of pyridine rings is 1. The molecule has 0 aliphatic heterocycles. The Bertz CT molecular complexity index is 525. The normalized spacial score (nSPS) is 10.0. The Labute approximate surface area is 111 Å². The monoisotopic (exact) mass is 342 g/mol. The molecule has 2 rings (SSSR count). The minimum Gasteiger partial charge on any atom is -0.307 e. The largest absolute Gasteiger partial charge is 0.307 e.